The maximum absolute atomic E-state index is 13.6. The fourth-order valence-electron chi connectivity index (χ4n) is 3.64. The van der Waals surface area contributed by atoms with Gasteiger partial charge >= 0.3 is 0 Å². The number of hydrogen-bond acceptors (Lipinski definition) is 6. The summed E-state index contributed by atoms with van der Waals surface area (Å²) >= 11 is 3.40. The van der Waals surface area contributed by atoms with Gasteiger partial charge in [0.15, 0.2) is 11.5 Å². The molecular formula is C25H32BrN3O6S. The number of ether oxygens (including phenoxy) is 2. The largest absolute Gasteiger partial charge is 0.486 e. The van der Waals surface area contributed by atoms with Gasteiger partial charge in [0.2, 0.25) is 21.8 Å². The van der Waals surface area contributed by atoms with E-state index in [9.17, 15) is 18.0 Å². The Labute approximate surface area is 220 Å². The van der Waals surface area contributed by atoms with E-state index in [1.165, 1.54) is 11.0 Å². The summed E-state index contributed by atoms with van der Waals surface area (Å²) in [5.41, 5.74) is 0.569. The van der Waals surface area contributed by atoms with Gasteiger partial charge in [0, 0.05) is 22.6 Å². The van der Waals surface area contributed by atoms with Crippen LogP contribution in [0.4, 0.5) is 5.69 Å². The molecule has 36 heavy (non-hydrogen) atoms. The Bertz CT molecular complexity index is 1210. The molecular weight excluding hydrogens is 550 g/mol. The van der Waals surface area contributed by atoms with Crippen molar-refractivity contribution < 1.29 is 27.5 Å². The van der Waals surface area contributed by atoms with Crippen LogP contribution in [-0.2, 0) is 26.2 Å². The number of hydrogen-bond donors (Lipinski definition) is 1. The Kier molecular flexibility index (Phi) is 8.55. The monoisotopic (exact) mass is 581 g/mol. The van der Waals surface area contributed by atoms with Gasteiger partial charge in [0.05, 0.1) is 11.9 Å². The van der Waals surface area contributed by atoms with E-state index in [4.69, 9.17) is 9.47 Å². The lowest BCUT2D eigenvalue weighted by Gasteiger charge is -2.33. The molecule has 0 saturated heterocycles. The molecule has 1 heterocycles. The fraction of sp³-hybridized carbons (Fsp3) is 0.440. The van der Waals surface area contributed by atoms with Crippen molar-refractivity contribution >= 4 is 43.5 Å². The van der Waals surface area contributed by atoms with Crippen molar-refractivity contribution in [2.45, 2.75) is 45.8 Å². The van der Waals surface area contributed by atoms with Gasteiger partial charge in [-0.25, -0.2) is 8.42 Å². The molecule has 11 heteroatoms. The summed E-state index contributed by atoms with van der Waals surface area (Å²) in [5, 5.41) is 2.90. The second-order valence-electron chi connectivity index (χ2n) is 9.66. The molecule has 2 aromatic rings. The third kappa shape index (κ3) is 7.36. The summed E-state index contributed by atoms with van der Waals surface area (Å²) in [4.78, 5) is 28.0. The van der Waals surface area contributed by atoms with Gasteiger partial charge in [-0.2, -0.15) is 0 Å². The number of nitrogens with one attached hydrogen (secondary N) is 1. The number of benzene rings is 2. The van der Waals surface area contributed by atoms with Gasteiger partial charge in [0.1, 0.15) is 25.8 Å². The first-order valence-electron chi connectivity index (χ1n) is 11.5. The van der Waals surface area contributed by atoms with Crippen molar-refractivity contribution in [1.29, 1.82) is 0 Å². The maximum atomic E-state index is 13.6. The van der Waals surface area contributed by atoms with Crippen molar-refractivity contribution in [3.8, 4) is 11.5 Å². The number of carbonyl (C=O) groups is 2. The van der Waals surface area contributed by atoms with Crippen LogP contribution in [0.1, 0.15) is 33.3 Å². The highest BCUT2D eigenvalue weighted by molar-refractivity contribution is 9.10. The van der Waals surface area contributed by atoms with Crippen molar-refractivity contribution in [3.63, 3.8) is 0 Å². The van der Waals surface area contributed by atoms with E-state index in [1.807, 2.05) is 45.0 Å². The third-order valence-electron chi connectivity index (χ3n) is 5.42. The van der Waals surface area contributed by atoms with Crippen LogP contribution in [0.25, 0.3) is 0 Å². The lowest BCUT2D eigenvalue weighted by atomic mass is 10.1. The maximum Gasteiger partial charge on any atom is 0.244 e. The number of anilines is 1. The summed E-state index contributed by atoms with van der Waals surface area (Å²) in [7, 11) is -3.84. The molecule has 1 atom stereocenters. The van der Waals surface area contributed by atoms with Crippen molar-refractivity contribution in [1.82, 2.24) is 10.2 Å². The Morgan fingerprint density at radius 3 is 2.25 bits per heavy atom. The van der Waals surface area contributed by atoms with E-state index >= 15 is 0 Å². The van der Waals surface area contributed by atoms with Gasteiger partial charge in [-0.1, -0.05) is 28.1 Å². The van der Waals surface area contributed by atoms with Gasteiger partial charge in [-0.05, 0) is 57.5 Å². The van der Waals surface area contributed by atoms with Crippen LogP contribution in [0.15, 0.2) is 46.9 Å². The van der Waals surface area contributed by atoms with Crippen LogP contribution in [0.2, 0.25) is 0 Å². The molecule has 2 aromatic carbocycles. The molecule has 0 saturated carbocycles. The normalized spacial score (nSPS) is 14.1. The summed E-state index contributed by atoms with van der Waals surface area (Å²) in [6, 6.07) is 11.2. The standard InChI is InChI=1S/C25H32BrN3O6S/c1-17(24(31)27-25(2,3)4)28(15-18-6-8-19(26)9-7-18)23(30)16-29(36(5,32)33)20-10-11-21-22(14-20)35-13-12-34-21/h6-11,14,17H,12-13,15-16H2,1-5H3,(H,27,31). The lowest BCUT2D eigenvalue weighted by Crippen LogP contribution is -2.54. The molecule has 196 valence electrons. The van der Waals surface area contributed by atoms with Gasteiger partial charge in [-0.3, -0.25) is 13.9 Å². The molecule has 1 unspecified atom stereocenters. The smallest absolute Gasteiger partial charge is 0.244 e. The third-order valence-corrected chi connectivity index (χ3v) is 7.09. The van der Waals surface area contributed by atoms with E-state index in [0.717, 1.165) is 20.6 Å². The van der Waals surface area contributed by atoms with Crippen molar-refractivity contribution in [2.75, 3.05) is 30.3 Å². The van der Waals surface area contributed by atoms with Crippen LogP contribution in [0, 0.1) is 0 Å². The molecule has 0 fully saturated rings. The Balaban J connectivity index is 1.92. The highest BCUT2D eigenvalue weighted by Gasteiger charge is 2.31. The number of sulfonamides is 1. The summed E-state index contributed by atoms with van der Waals surface area (Å²) in [6.45, 7) is 7.58. The van der Waals surface area contributed by atoms with Gasteiger partial charge in [0.25, 0.3) is 0 Å². The summed E-state index contributed by atoms with van der Waals surface area (Å²) in [5.74, 6) is 0.0617. The molecule has 9 nitrogen and oxygen atoms in total. The number of rotatable bonds is 8. The molecule has 0 bridgehead atoms. The Morgan fingerprint density at radius 2 is 1.67 bits per heavy atom. The van der Waals surface area contributed by atoms with Crippen LogP contribution in [-0.4, -0.2) is 62.7 Å². The minimum Gasteiger partial charge on any atom is -0.486 e. The Morgan fingerprint density at radius 1 is 1.06 bits per heavy atom. The molecule has 3 rings (SSSR count). The fourth-order valence-corrected chi connectivity index (χ4v) is 4.75. The van der Waals surface area contributed by atoms with Crippen molar-refractivity contribution in [3.05, 3.63) is 52.5 Å². The first kappa shape index (κ1) is 27.8. The molecule has 1 aliphatic heterocycles. The summed E-state index contributed by atoms with van der Waals surface area (Å²) < 4.78 is 38.5. The zero-order chi connectivity index (χ0) is 26.7. The number of amides is 2. The minimum absolute atomic E-state index is 0.129. The predicted octanol–water partition coefficient (Wildman–Crippen LogP) is 3.32. The van der Waals surface area contributed by atoms with Gasteiger partial charge < -0.3 is 19.7 Å². The SMILES string of the molecule is CC(C(=O)NC(C)(C)C)N(Cc1ccc(Br)cc1)C(=O)CN(c1ccc2c(c1)OCCO2)S(C)(=O)=O. The number of nitrogens with zero attached hydrogens (tertiary/aromatic N) is 2. The van der Waals surface area contributed by atoms with E-state index in [1.54, 1.807) is 19.1 Å². The van der Waals surface area contributed by atoms with Crippen LogP contribution >= 0.6 is 15.9 Å². The van der Waals surface area contributed by atoms with Crippen LogP contribution in [0.5, 0.6) is 11.5 Å². The second-order valence-corrected chi connectivity index (χ2v) is 12.5. The minimum atomic E-state index is -3.84. The first-order valence-corrected chi connectivity index (χ1v) is 14.1. The van der Waals surface area contributed by atoms with Crippen LogP contribution in [0.3, 0.4) is 0 Å². The molecule has 1 N–H and O–H groups in total. The zero-order valence-electron chi connectivity index (χ0n) is 21.1. The highest BCUT2D eigenvalue weighted by atomic mass is 79.9. The highest BCUT2D eigenvalue weighted by Crippen LogP contribution is 2.34. The molecule has 0 aromatic heterocycles. The molecule has 1 aliphatic rings. The second kappa shape index (κ2) is 11.1. The Hall–Kier alpha value is -2.79. The quantitative estimate of drug-likeness (QED) is 0.512. The first-order chi connectivity index (χ1) is 16.7. The number of fused-ring (bicyclic) bond motifs is 1. The molecule has 0 aliphatic carbocycles. The van der Waals surface area contributed by atoms with E-state index in [-0.39, 0.29) is 18.1 Å². The molecule has 0 spiro atoms. The average molecular weight is 583 g/mol. The van der Waals surface area contributed by atoms with E-state index in [0.29, 0.717) is 24.7 Å². The average Bonchev–Trinajstić information content (AvgIpc) is 2.79. The molecule has 0 radical (unpaired) electrons. The topological polar surface area (TPSA) is 105 Å². The number of halogens is 1. The molecule has 2 amide bonds. The van der Waals surface area contributed by atoms with Crippen LogP contribution < -0.4 is 19.1 Å². The lowest BCUT2D eigenvalue weighted by molar-refractivity contribution is -0.140. The van der Waals surface area contributed by atoms with Crippen molar-refractivity contribution in [2.24, 2.45) is 0 Å². The predicted molar refractivity (Wildman–Crippen MR) is 142 cm³/mol. The summed E-state index contributed by atoms with van der Waals surface area (Å²) in [6.07, 6.45) is 1.03. The van der Waals surface area contributed by atoms with E-state index in [2.05, 4.69) is 21.2 Å². The van der Waals surface area contributed by atoms with E-state index < -0.39 is 34.1 Å². The van der Waals surface area contributed by atoms with Gasteiger partial charge in [-0.15, -0.1) is 0 Å². The zero-order valence-corrected chi connectivity index (χ0v) is 23.5. The number of carbonyl (C=O) groups excluding carboxylic acids is 2.